The van der Waals surface area contributed by atoms with Gasteiger partial charge in [0.2, 0.25) is 0 Å². The molecule has 0 aliphatic carbocycles. The van der Waals surface area contributed by atoms with Crippen LogP contribution in [0.5, 0.6) is 0 Å². The van der Waals surface area contributed by atoms with E-state index >= 15 is 0 Å². The van der Waals surface area contributed by atoms with Crippen molar-refractivity contribution in [1.82, 2.24) is 5.32 Å². The summed E-state index contributed by atoms with van der Waals surface area (Å²) in [5.74, 6) is 1.33. The van der Waals surface area contributed by atoms with Gasteiger partial charge in [0.05, 0.1) is 0 Å². The van der Waals surface area contributed by atoms with Gasteiger partial charge in [0.15, 0.2) is 0 Å². The molecule has 3 rings (SSSR count). The molecule has 2 atom stereocenters. The first-order valence-electron chi connectivity index (χ1n) is 8.03. The number of piperazine rings is 1. The van der Waals surface area contributed by atoms with E-state index in [-0.39, 0.29) is 0 Å². The van der Waals surface area contributed by atoms with Gasteiger partial charge in [0, 0.05) is 35.6 Å². The van der Waals surface area contributed by atoms with Crippen LogP contribution >= 0.6 is 11.3 Å². The monoisotopic (exact) mass is 302 g/mol. The minimum absolute atomic E-state index is 0.580. The Balaban J connectivity index is 1.93. The van der Waals surface area contributed by atoms with Crippen molar-refractivity contribution in [2.45, 2.75) is 39.8 Å². The number of anilines is 1. The normalized spacial score (nSPS) is 23.4. The predicted molar refractivity (Wildman–Crippen MR) is 94.4 cm³/mol. The highest BCUT2D eigenvalue weighted by Gasteiger charge is 2.31. The van der Waals surface area contributed by atoms with E-state index < -0.39 is 0 Å². The van der Waals surface area contributed by atoms with Crippen LogP contribution < -0.4 is 10.2 Å². The number of nitrogens with one attached hydrogen (secondary N) is 1. The van der Waals surface area contributed by atoms with Crippen molar-refractivity contribution in [2.75, 3.05) is 18.0 Å². The minimum Gasteiger partial charge on any atom is -0.365 e. The molecular weight excluding hydrogens is 276 g/mol. The lowest BCUT2D eigenvalue weighted by Crippen LogP contribution is -2.60. The molecule has 1 aliphatic heterocycles. The predicted octanol–water partition coefficient (Wildman–Crippen LogP) is 4.36. The molecule has 3 heteroatoms. The number of rotatable bonds is 3. The van der Waals surface area contributed by atoms with Gasteiger partial charge in [-0.15, -0.1) is 11.3 Å². The van der Waals surface area contributed by atoms with Gasteiger partial charge in [0.25, 0.3) is 0 Å². The van der Waals surface area contributed by atoms with Crippen LogP contribution in [0, 0.1) is 11.8 Å². The van der Waals surface area contributed by atoms with E-state index in [0.29, 0.717) is 23.9 Å². The first-order valence-corrected chi connectivity index (χ1v) is 8.91. The Kier molecular flexibility index (Phi) is 4.23. The number of nitrogens with zero attached hydrogens (tertiary/aromatic N) is 1. The molecule has 0 bridgehead atoms. The molecule has 1 aromatic heterocycles. The van der Waals surface area contributed by atoms with E-state index in [4.69, 9.17) is 0 Å². The van der Waals surface area contributed by atoms with E-state index in [2.05, 4.69) is 67.6 Å². The first kappa shape index (κ1) is 14.9. The van der Waals surface area contributed by atoms with Crippen LogP contribution in [0.1, 0.15) is 27.7 Å². The molecule has 21 heavy (non-hydrogen) atoms. The molecular formula is C18H26N2S. The number of hydrogen-bond donors (Lipinski definition) is 1. The number of thiophene rings is 1. The smallest absolute Gasteiger partial charge is 0.0438 e. The Morgan fingerprint density at radius 1 is 1.14 bits per heavy atom. The molecule has 1 fully saturated rings. The molecule has 0 radical (unpaired) electrons. The SMILES string of the molecule is CC(C)C1CN(c2ccc3sccc3c2)C(C(C)C)CN1. The van der Waals surface area contributed by atoms with Gasteiger partial charge in [-0.3, -0.25) is 0 Å². The third-order valence-corrected chi connectivity index (χ3v) is 5.62. The summed E-state index contributed by atoms with van der Waals surface area (Å²) in [6, 6.07) is 10.3. The summed E-state index contributed by atoms with van der Waals surface area (Å²) in [6.45, 7) is 11.5. The van der Waals surface area contributed by atoms with E-state index in [1.54, 1.807) is 0 Å². The molecule has 2 nitrogen and oxygen atoms in total. The second-order valence-corrected chi connectivity index (χ2v) is 7.81. The molecule has 114 valence electrons. The zero-order valence-electron chi connectivity index (χ0n) is 13.5. The number of benzene rings is 1. The lowest BCUT2D eigenvalue weighted by molar-refractivity contribution is 0.295. The fraction of sp³-hybridized carbons (Fsp3) is 0.556. The van der Waals surface area contributed by atoms with Crippen molar-refractivity contribution in [2.24, 2.45) is 11.8 Å². The standard InChI is InChI=1S/C18H26N2S/c1-12(2)16-11-20(17(10-19-16)13(3)4)15-5-6-18-14(9-15)7-8-21-18/h5-9,12-13,16-17,19H,10-11H2,1-4H3. The summed E-state index contributed by atoms with van der Waals surface area (Å²) in [7, 11) is 0. The summed E-state index contributed by atoms with van der Waals surface area (Å²) < 4.78 is 1.38. The third kappa shape index (κ3) is 2.95. The lowest BCUT2D eigenvalue weighted by atomic mass is 9.93. The summed E-state index contributed by atoms with van der Waals surface area (Å²) in [5, 5.41) is 7.30. The molecule has 2 heterocycles. The van der Waals surface area contributed by atoms with Crippen molar-refractivity contribution in [1.29, 1.82) is 0 Å². The van der Waals surface area contributed by atoms with E-state index in [1.165, 1.54) is 15.8 Å². The van der Waals surface area contributed by atoms with Crippen molar-refractivity contribution in [3.8, 4) is 0 Å². The lowest BCUT2D eigenvalue weighted by Gasteiger charge is -2.45. The maximum atomic E-state index is 3.74. The highest BCUT2D eigenvalue weighted by Crippen LogP contribution is 2.30. The van der Waals surface area contributed by atoms with Gasteiger partial charge in [-0.2, -0.15) is 0 Å². The zero-order valence-corrected chi connectivity index (χ0v) is 14.3. The molecule has 0 saturated carbocycles. The molecule has 0 amide bonds. The van der Waals surface area contributed by atoms with Gasteiger partial charge in [-0.05, 0) is 46.9 Å². The molecule has 1 aliphatic rings. The Hall–Kier alpha value is -1.06. The average molecular weight is 302 g/mol. The molecule has 0 spiro atoms. The van der Waals surface area contributed by atoms with Crippen LogP contribution in [-0.2, 0) is 0 Å². The summed E-state index contributed by atoms with van der Waals surface area (Å²) in [6.07, 6.45) is 0. The molecule has 1 N–H and O–H groups in total. The maximum Gasteiger partial charge on any atom is 0.0438 e. The molecule has 1 saturated heterocycles. The topological polar surface area (TPSA) is 15.3 Å². The maximum absolute atomic E-state index is 3.74. The fourth-order valence-corrected chi connectivity index (χ4v) is 4.04. The average Bonchev–Trinajstić information content (AvgIpc) is 2.93. The van der Waals surface area contributed by atoms with Gasteiger partial charge in [-0.25, -0.2) is 0 Å². The van der Waals surface area contributed by atoms with Crippen molar-refractivity contribution >= 4 is 27.1 Å². The van der Waals surface area contributed by atoms with Crippen LogP contribution in [0.15, 0.2) is 29.6 Å². The summed E-state index contributed by atoms with van der Waals surface area (Å²) >= 11 is 1.82. The second-order valence-electron chi connectivity index (χ2n) is 6.87. The Morgan fingerprint density at radius 3 is 2.67 bits per heavy atom. The van der Waals surface area contributed by atoms with E-state index in [9.17, 15) is 0 Å². The van der Waals surface area contributed by atoms with Gasteiger partial charge in [-0.1, -0.05) is 27.7 Å². The Bertz CT molecular complexity index is 602. The quantitative estimate of drug-likeness (QED) is 0.906. The van der Waals surface area contributed by atoms with Crippen molar-refractivity contribution < 1.29 is 0 Å². The third-order valence-electron chi connectivity index (χ3n) is 4.72. The fourth-order valence-electron chi connectivity index (χ4n) is 3.27. The first-order chi connectivity index (χ1) is 10.1. The van der Waals surface area contributed by atoms with Gasteiger partial charge >= 0.3 is 0 Å². The molecule has 2 unspecified atom stereocenters. The minimum atomic E-state index is 0.580. The van der Waals surface area contributed by atoms with Crippen LogP contribution in [-0.4, -0.2) is 25.2 Å². The van der Waals surface area contributed by atoms with Crippen LogP contribution in [0.4, 0.5) is 5.69 Å². The van der Waals surface area contributed by atoms with Crippen LogP contribution in [0.2, 0.25) is 0 Å². The van der Waals surface area contributed by atoms with Crippen LogP contribution in [0.25, 0.3) is 10.1 Å². The van der Waals surface area contributed by atoms with E-state index in [1.807, 2.05) is 11.3 Å². The Morgan fingerprint density at radius 2 is 1.95 bits per heavy atom. The van der Waals surface area contributed by atoms with E-state index in [0.717, 1.165) is 13.1 Å². The zero-order chi connectivity index (χ0) is 15.0. The van der Waals surface area contributed by atoms with Crippen LogP contribution in [0.3, 0.4) is 0 Å². The van der Waals surface area contributed by atoms with Gasteiger partial charge in [0.1, 0.15) is 0 Å². The number of fused-ring (bicyclic) bond motifs is 1. The Labute approximate surface area is 132 Å². The van der Waals surface area contributed by atoms with Gasteiger partial charge < -0.3 is 10.2 Å². The highest BCUT2D eigenvalue weighted by atomic mass is 32.1. The number of hydrogen-bond acceptors (Lipinski definition) is 3. The summed E-state index contributed by atoms with van der Waals surface area (Å²) in [4.78, 5) is 2.63. The molecule has 2 aromatic rings. The summed E-state index contributed by atoms with van der Waals surface area (Å²) in [5.41, 5.74) is 1.38. The highest BCUT2D eigenvalue weighted by molar-refractivity contribution is 7.17. The van der Waals surface area contributed by atoms with Crippen molar-refractivity contribution in [3.63, 3.8) is 0 Å². The largest absolute Gasteiger partial charge is 0.365 e. The van der Waals surface area contributed by atoms with Crippen molar-refractivity contribution in [3.05, 3.63) is 29.6 Å². The second kappa shape index (κ2) is 5.98. The molecule has 1 aromatic carbocycles.